The van der Waals surface area contributed by atoms with Crippen molar-refractivity contribution in [3.63, 3.8) is 0 Å². The Labute approximate surface area is 233 Å². The standard InChI is InChI=1S/C25H30ClF6N3O4S/c1-15(4-9-40(2,38)39)33-23(37)24(29)5-3-7-35(8-6-24)22(36)18-13-34(14-25(30,31)32)12-17(18)21-19(26)10-16(27)11-20(21)28/h4,9-11,15,17-18H,3,5-8,12-14H2,1-2H3,(H,33,37)/b9-4-/t15-,17+,18-,24-/m1/s1. The van der Waals surface area contributed by atoms with Gasteiger partial charge in [0, 0.05) is 72.9 Å². The van der Waals surface area contributed by atoms with Gasteiger partial charge in [-0.05, 0) is 25.8 Å². The van der Waals surface area contributed by atoms with Gasteiger partial charge in [0.1, 0.15) is 11.6 Å². The third-order valence-electron chi connectivity index (χ3n) is 7.00. The van der Waals surface area contributed by atoms with Crippen LogP contribution in [0.15, 0.2) is 23.6 Å². The van der Waals surface area contributed by atoms with Gasteiger partial charge in [-0.15, -0.1) is 0 Å². The molecule has 1 aromatic rings. The number of carbonyl (C=O) groups is 2. The van der Waals surface area contributed by atoms with Crippen molar-refractivity contribution in [2.45, 2.75) is 50.0 Å². The topological polar surface area (TPSA) is 86.8 Å². The molecular weight excluding hydrogens is 588 g/mol. The Bertz CT molecular complexity index is 1240. The van der Waals surface area contributed by atoms with Gasteiger partial charge in [-0.25, -0.2) is 21.6 Å². The van der Waals surface area contributed by atoms with Gasteiger partial charge in [-0.2, -0.15) is 13.2 Å². The lowest BCUT2D eigenvalue weighted by molar-refractivity contribution is -0.146. The van der Waals surface area contributed by atoms with Gasteiger partial charge >= 0.3 is 6.18 Å². The number of alkyl halides is 4. The first kappa shape index (κ1) is 32.2. The van der Waals surface area contributed by atoms with Gasteiger partial charge in [-0.1, -0.05) is 17.7 Å². The minimum absolute atomic E-state index is 0.00341. The summed E-state index contributed by atoms with van der Waals surface area (Å²) in [6.07, 6.45) is -3.05. The molecule has 2 aliphatic heterocycles. The Morgan fingerprint density at radius 2 is 1.88 bits per heavy atom. The van der Waals surface area contributed by atoms with E-state index in [1.54, 1.807) is 0 Å². The molecule has 4 atom stereocenters. The number of likely N-dealkylation sites (tertiary alicyclic amines) is 2. The average molecular weight is 618 g/mol. The van der Waals surface area contributed by atoms with Crippen molar-refractivity contribution in [3.05, 3.63) is 45.8 Å². The van der Waals surface area contributed by atoms with E-state index in [-0.39, 0.29) is 49.6 Å². The molecule has 1 N–H and O–H groups in total. The van der Waals surface area contributed by atoms with Gasteiger partial charge < -0.3 is 10.2 Å². The fourth-order valence-corrected chi connectivity index (χ4v) is 6.00. The van der Waals surface area contributed by atoms with Crippen LogP contribution < -0.4 is 5.32 Å². The van der Waals surface area contributed by atoms with Crippen molar-refractivity contribution < 1.29 is 44.3 Å². The second-order valence-corrected chi connectivity index (χ2v) is 12.7. The molecule has 2 heterocycles. The molecule has 0 bridgehead atoms. The Morgan fingerprint density at radius 3 is 2.48 bits per heavy atom. The molecule has 7 nitrogen and oxygen atoms in total. The Hall–Kier alpha value is -2.32. The van der Waals surface area contributed by atoms with Gasteiger partial charge in [0.25, 0.3) is 5.91 Å². The van der Waals surface area contributed by atoms with Gasteiger partial charge in [0.15, 0.2) is 15.5 Å². The minimum atomic E-state index is -4.59. The van der Waals surface area contributed by atoms with Crippen molar-refractivity contribution in [1.29, 1.82) is 0 Å². The van der Waals surface area contributed by atoms with E-state index in [1.807, 2.05) is 0 Å². The number of hydrogen-bond donors (Lipinski definition) is 1. The van der Waals surface area contributed by atoms with Crippen molar-refractivity contribution in [3.8, 4) is 0 Å². The molecule has 15 heteroatoms. The monoisotopic (exact) mass is 617 g/mol. The van der Waals surface area contributed by atoms with E-state index in [1.165, 1.54) is 17.9 Å². The maximum atomic E-state index is 15.7. The molecule has 2 amide bonds. The van der Waals surface area contributed by atoms with E-state index in [2.05, 4.69) is 5.32 Å². The van der Waals surface area contributed by atoms with Crippen molar-refractivity contribution >= 4 is 33.3 Å². The molecule has 0 radical (unpaired) electrons. The summed E-state index contributed by atoms with van der Waals surface area (Å²) < 4.78 is 106. The summed E-state index contributed by atoms with van der Waals surface area (Å²) in [4.78, 5) is 28.4. The van der Waals surface area contributed by atoms with E-state index in [9.17, 15) is 40.0 Å². The third kappa shape index (κ3) is 8.35. The SMILES string of the molecule is C[C@H](/C=C\S(C)(=O)=O)NC(=O)[C@@]1(F)CCCN(C(=O)[C@@H]2CN(CC(F)(F)F)C[C@@H]2c2c(F)cc(F)cc2Cl)CC1. The summed E-state index contributed by atoms with van der Waals surface area (Å²) in [6.45, 7) is -0.865. The summed E-state index contributed by atoms with van der Waals surface area (Å²) in [5, 5.41) is 2.92. The van der Waals surface area contributed by atoms with E-state index in [0.717, 1.165) is 22.6 Å². The maximum absolute atomic E-state index is 15.7. The Morgan fingerprint density at radius 1 is 1.20 bits per heavy atom. The summed E-state index contributed by atoms with van der Waals surface area (Å²) in [5.41, 5.74) is -2.65. The molecule has 0 saturated carbocycles. The van der Waals surface area contributed by atoms with E-state index in [4.69, 9.17) is 11.6 Å². The van der Waals surface area contributed by atoms with E-state index in [0.29, 0.717) is 6.07 Å². The smallest absolute Gasteiger partial charge is 0.347 e. The molecule has 2 saturated heterocycles. The molecule has 0 spiro atoms. The van der Waals surface area contributed by atoms with Crippen LogP contribution in [0.1, 0.15) is 37.7 Å². The molecule has 0 unspecified atom stereocenters. The summed E-state index contributed by atoms with van der Waals surface area (Å²) in [6, 6.07) is 0.566. The lowest BCUT2D eigenvalue weighted by Gasteiger charge is -2.28. The zero-order valence-electron chi connectivity index (χ0n) is 21.8. The van der Waals surface area contributed by atoms with Crippen LogP contribution in [0.3, 0.4) is 0 Å². The van der Waals surface area contributed by atoms with Gasteiger partial charge in [0.2, 0.25) is 5.91 Å². The molecule has 1 aromatic carbocycles. The van der Waals surface area contributed by atoms with Crippen LogP contribution >= 0.6 is 11.6 Å². The average Bonchev–Trinajstić information content (AvgIpc) is 3.07. The highest BCUT2D eigenvalue weighted by Crippen LogP contribution is 2.40. The number of benzene rings is 1. The predicted octanol–water partition coefficient (Wildman–Crippen LogP) is 3.98. The fourth-order valence-electron chi connectivity index (χ4n) is 5.14. The molecule has 0 aliphatic carbocycles. The highest BCUT2D eigenvalue weighted by molar-refractivity contribution is 7.93. The lowest BCUT2D eigenvalue weighted by atomic mass is 9.87. The van der Waals surface area contributed by atoms with E-state index >= 15 is 4.39 Å². The van der Waals surface area contributed by atoms with Crippen LogP contribution in [0.5, 0.6) is 0 Å². The molecule has 3 rings (SSSR count). The maximum Gasteiger partial charge on any atom is 0.401 e. The first-order valence-corrected chi connectivity index (χ1v) is 14.8. The Kier molecular flexibility index (Phi) is 9.88. The van der Waals surface area contributed by atoms with Crippen LogP contribution in [0.25, 0.3) is 0 Å². The second-order valence-electron chi connectivity index (χ2n) is 10.4. The highest BCUT2D eigenvalue weighted by atomic mass is 35.5. The molecule has 40 heavy (non-hydrogen) atoms. The summed E-state index contributed by atoms with van der Waals surface area (Å²) in [7, 11) is -3.46. The van der Waals surface area contributed by atoms with Crippen LogP contribution in [-0.4, -0.2) is 86.9 Å². The minimum Gasteiger partial charge on any atom is -0.347 e. The molecule has 2 aliphatic rings. The third-order valence-corrected chi connectivity index (χ3v) is 7.97. The number of carbonyl (C=O) groups excluding carboxylic acids is 2. The van der Waals surface area contributed by atoms with Crippen LogP contribution in [0.2, 0.25) is 5.02 Å². The van der Waals surface area contributed by atoms with Gasteiger partial charge in [0.05, 0.1) is 12.5 Å². The van der Waals surface area contributed by atoms with Crippen molar-refractivity contribution in [2.75, 3.05) is 39.0 Å². The van der Waals surface area contributed by atoms with Crippen LogP contribution in [-0.2, 0) is 19.4 Å². The van der Waals surface area contributed by atoms with Crippen molar-refractivity contribution in [2.24, 2.45) is 5.92 Å². The number of nitrogens with one attached hydrogen (secondary N) is 1. The highest BCUT2D eigenvalue weighted by Gasteiger charge is 2.47. The number of rotatable bonds is 7. The number of nitrogens with zero attached hydrogens (tertiary/aromatic N) is 2. The molecule has 0 aromatic heterocycles. The molecular formula is C25H30ClF6N3O4S. The lowest BCUT2D eigenvalue weighted by Crippen LogP contribution is -2.47. The zero-order valence-corrected chi connectivity index (χ0v) is 23.4. The summed E-state index contributed by atoms with van der Waals surface area (Å²) >= 11 is 6.06. The number of sulfone groups is 1. The van der Waals surface area contributed by atoms with Gasteiger partial charge in [-0.3, -0.25) is 14.5 Å². The fraction of sp³-hybridized carbons (Fsp3) is 0.600. The quantitative estimate of drug-likeness (QED) is 0.468. The largest absolute Gasteiger partial charge is 0.401 e. The normalized spacial score (nSPS) is 25.7. The first-order chi connectivity index (χ1) is 18.4. The Balaban J connectivity index is 1.78. The number of halogens is 7. The zero-order chi connectivity index (χ0) is 30.0. The molecule has 2 fully saturated rings. The molecule has 224 valence electrons. The second kappa shape index (κ2) is 12.3. The number of hydrogen-bond acceptors (Lipinski definition) is 5. The first-order valence-electron chi connectivity index (χ1n) is 12.5. The summed E-state index contributed by atoms with van der Waals surface area (Å²) in [5.74, 6) is -6.00. The number of amides is 2. The van der Waals surface area contributed by atoms with Crippen molar-refractivity contribution in [1.82, 2.24) is 15.1 Å². The van der Waals surface area contributed by atoms with Crippen LogP contribution in [0.4, 0.5) is 26.3 Å². The van der Waals surface area contributed by atoms with Crippen LogP contribution in [0, 0.1) is 17.6 Å². The van der Waals surface area contributed by atoms with E-state index < -0.39 is 76.0 Å². The predicted molar refractivity (Wildman–Crippen MR) is 136 cm³/mol.